The summed E-state index contributed by atoms with van der Waals surface area (Å²) in [5.41, 5.74) is 4.12. The molecule has 1 aromatic carbocycles. The lowest BCUT2D eigenvalue weighted by atomic mass is 9.96. The van der Waals surface area contributed by atoms with E-state index in [9.17, 15) is 19.5 Å². The molecule has 3 rings (SSSR count). The number of benzene rings is 1. The molecule has 6 nitrogen and oxygen atoms in total. The van der Waals surface area contributed by atoms with E-state index in [1.807, 2.05) is 32.9 Å². The smallest absolute Gasteiger partial charge is 0.308 e. The quantitative estimate of drug-likeness (QED) is 0.899. The number of anilines is 1. The lowest BCUT2D eigenvalue weighted by Crippen LogP contribution is -2.45. The van der Waals surface area contributed by atoms with Crippen LogP contribution in [-0.4, -0.2) is 47.4 Å². The first kappa shape index (κ1) is 18.4. The number of carboxylic acid groups (broad SMARTS) is 1. The Morgan fingerprint density at radius 3 is 2.35 bits per heavy atom. The molecule has 26 heavy (non-hydrogen) atoms. The standard InChI is InChI=1S/C20H26N2O4/c1-12-7-13(2)18(14(3)8-12)22-11-16(9-17(22)23)19(24)21-6-4-5-15(10-21)20(25)26/h7-8,15-16H,4-6,9-11H2,1-3H3,(H,25,26). The number of amides is 2. The summed E-state index contributed by atoms with van der Waals surface area (Å²) in [7, 11) is 0. The SMILES string of the molecule is Cc1cc(C)c(N2CC(C(=O)N3CCCC(C(=O)O)C3)CC2=O)c(C)c1. The van der Waals surface area contributed by atoms with Crippen LogP contribution in [0.15, 0.2) is 12.1 Å². The molecule has 6 heteroatoms. The van der Waals surface area contributed by atoms with E-state index in [4.69, 9.17) is 0 Å². The largest absolute Gasteiger partial charge is 0.481 e. The Kier molecular flexibility index (Phi) is 5.03. The molecule has 0 bridgehead atoms. The highest BCUT2D eigenvalue weighted by Gasteiger charge is 2.39. The first-order valence-electron chi connectivity index (χ1n) is 9.17. The highest BCUT2D eigenvalue weighted by Crippen LogP contribution is 2.33. The molecule has 1 N–H and O–H groups in total. The second-order valence-corrected chi connectivity index (χ2v) is 7.61. The number of nitrogens with zero attached hydrogens (tertiary/aromatic N) is 2. The maximum atomic E-state index is 12.9. The number of aryl methyl sites for hydroxylation is 3. The van der Waals surface area contributed by atoms with Crippen LogP contribution in [0.2, 0.25) is 0 Å². The van der Waals surface area contributed by atoms with Crippen molar-refractivity contribution >= 4 is 23.5 Å². The summed E-state index contributed by atoms with van der Waals surface area (Å²) in [5.74, 6) is -1.87. The summed E-state index contributed by atoms with van der Waals surface area (Å²) in [6, 6.07) is 4.10. The average molecular weight is 358 g/mol. The van der Waals surface area contributed by atoms with Crippen molar-refractivity contribution in [3.63, 3.8) is 0 Å². The molecule has 0 aliphatic carbocycles. The molecule has 2 atom stereocenters. The zero-order chi connectivity index (χ0) is 19.0. The van der Waals surface area contributed by atoms with Gasteiger partial charge in [0.25, 0.3) is 0 Å². The van der Waals surface area contributed by atoms with Crippen molar-refractivity contribution < 1.29 is 19.5 Å². The minimum atomic E-state index is -0.850. The number of piperidine rings is 1. The Bertz CT molecular complexity index is 735. The minimum Gasteiger partial charge on any atom is -0.481 e. The zero-order valence-corrected chi connectivity index (χ0v) is 15.6. The number of hydrogen-bond donors (Lipinski definition) is 1. The van der Waals surface area contributed by atoms with E-state index < -0.39 is 17.8 Å². The van der Waals surface area contributed by atoms with Gasteiger partial charge < -0.3 is 14.9 Å². The second-order valence-electron chi connectivity index (χ2n) is 7.61. The van der Waals surface area contributed by atoms with Gasteiger partial charge >= 0.3 is 5.97 Å². The first-order chi connectivity index (χ1) is 12.3. The summed E-state index contributed by atoms with van der Waals surface area (Å²) in [5, 5.41) is 9.22. The van der Waals surface area contributed by atoms with Crippen molar-refractivity contribution in [2.24, 2.45) is 11.8 Å². The molecule has 0 radical (unpaired) electrons. The van der Waals surface area contributed by atoms with Crippen molar-refractivity contribution in [2.45, 2.75) is 40.0 Å². The second kappa shape index (κ2) is 7.09. The van der Waals surface area contributed by atoms with Crippen LogP contribution in [0.5, 0.6) is 0 Å². The van der Waals surface area contributed by atoms with Gasteiger partial charge in [0.05, 0.1) is 11.8 Å². The van der Waals surface area contributed by atoms with Gasteiger partial charge in [-0.2, -0.15) is 0 Å². The molecule has 2 amide bonds. The van der Waals surface area contributed by atoms with Crippen molar-refractivity contribution in [3.8, 4) is 0 Å². The zero-order valence-electron chi connectivity index (χ0n) is 15.6. The van der Waals surface area contributed by atoms with Crippen LogP contribution in [0.3, 0.4) is 0 Å². The van der Waals surface area contributed by atoms with Crippen LogP contribution < -0.4 is 4.90 Å². The van der Waals surface area contributed by atoms with E-state index in [0.29, 0.717) is 25.9 Å². The van der Waals surface area contributed by atoms with Gasteiger partial charge in [-0.3, -0.25) is 14.4 Å². The molecule has 0 aromatic heterocycles. The molecule has 2 aliphatic heterocycles. The van der Waals surface area contributed by atoms with Gasteiger partial charge in [-0.05, 0) is 44.7 Å². The predicted molar refractivity (Wildman–Crippen MR) is 98.1 cm³/mol. The lowest BCUT2D eigenvalue weighted by Gasteiger charge is -2.32. The van der Waals surface area contributed by atoms with E-state index in [0.717, 1.165) is 22.4 Å². The van der Waals surface area contributed by atoms with E-state index in [2.05, 4.69) is 0 Å². The van der Waals surface area contributed by atoms with Crippen molar-refractivity contribution in [1.82, 2.24) is 4.90 Å². The fraction of sp³-hybridized carbons (Fsp3) is 0.550. The predicted octanol–water partition coefficient (Wildman–Crippen LogP) is 2.29. The van der Waals surface area contributed by atoms with E-state index in [1.165, 1.54) is 0 Å². The maximum absolute atomic E-state index is 12.9. The molecule has 2 unspecified atom stereocenters. The molecule has 0 saturated carbocycles. The molecule has 0 spiro atoms. The van der Waals surface area contributed by atoms with Crippen LogP contribution in [0.25, 0.3) is 0 Å². The Morgan fingerprint density at radius 2 is 1.73 bits per heavy atom. The number of aliphatic carboxylic acids is 1. The third kappa shape index (κ3) is 3.45. The molecule has 140 valence electrons. The number of likely N-dealkylation sites (tertiary alicyclic amines) is 1. The summed E-state index contributed by atoms with van der Waals surface area (Å²) in [6.07, 6.45) is 1.50. The molecular weight excluding hydrogens is 332 g/mol. The highest BCUT2D eigenvalue weighted by molar-refractivity contribution is 6.01. The average Bonchev–Trinajstić information content (AvgIpc) is 2.95. The maximum Gasteiger partial charge on any atom is 0.308 e. The van der Waals surface area contributed by atoms with Crippen LogP contribution in [0.4, 0.5) is 5.69 Å². The number of hydrogen-bond acceptors (Lipinski definition) is 3. The van der Waals surface area contributed by atoms with E-state index >= 15 is 0 Å². The third-order valence-electron chi connectivity index (χ3n) is 5.46. The van der Waals surface area contributed by atoms with Gasteiger partial charge in [-0.25, -0.2) is 0 Å². The van der Waals surface area contributed by atoms with Crippen LogP contribution in [-0.2, 0) is 14.4 Å². The van der Waals surface area contributed by atoms with E-state index in [-0.39, 0.29) is 24.8 Å². The Morgan fingerprint density at radius 1 is 1.08 bits per heavy atom. The molecular formula is C20H26N2O4. The van der Waals surface area contributed by atoms with Crippen molar-refractivity contribution in [1.29, 1.82) is 0 Å². The lowest BCUT2D eigenvalue weighted by molar-refractivity contribution is -0.146. The van der Waals surface area contributed by atoms with Crippen LogP contribution >= 0.6 is 0 Å². The monoisotopic (exact) mass is 358 g/mol. The Balaban J connectivity index is 1.76. The van der Waals surface area contributed by atoms with Gasteiger partial charge in [-0.15, -0.1) is 0 Å². The summed E-state index contributed by atoms with van der Waals surface area (Å²) in [4.78, 5) is 40.1. The number of carboxylic acids is 1. The summed E-state index contributed by atoms with van der Waals surface area (Å²) in [6.45, 7) is 7.20. The molecule has 2 fully saturated rings. The van der Waals surface area contributed by atoms with Crippen molar-refractivity contribution in [3.05, 3.63) is 28.8 Å². The van der Waals surface area contributed by atoms with Crippen LogP contribution in [0.1, 0.15) is 36.0 Å². The molecule has 2 heterocycles. The fourth-order valence-electron chi connectivity index (χ4n) is 4.32. The number of carbonyl (C=O) groups is 3. The van der Waals surface area contributed by atoms with Gasteiger partial charge in [0.15, 0.2) is 0 Å². The molecule has 2 saturated heterocycles. The van der Waals surface area contributed by atoms with Gasteiger partial charge in [-0.1, -0.05) is 17.7 Å². The van der Waals surface area contributed by atoms with Crippen molar-refractivity contribution in [2.75, 3.05) is 24.5 Å². The molecule has 2 aliphatic rings. The first-order valence-corrected chi connectivity index (χ1v) is 9.17. The third-order valence-corrected chi connectivity index (χ3v) is 5.46. The minimum absolute atomic E-state index is 0.0369. The summed E-state index contributed by atoms with van der Waals surface area (Å²) >= 11 is 0. The number of rotatable bonds is 3. The Labute approximate surface area is 153 Å². The van der Waals surface area contributed by atoms with Crippen LogP contribution in [0, 0.1) is 32.6 Å². The van der Waals surface area contributed by atoms with E-state index in [1.54, 1.807) is 9.80 Å². The Hall–Kier alpha value is -2.37. The highest BCUT2D eigenvalue weighted by atomic mass is 16.4. The normalized spacial score (nSPS) is 23.4. The van der Waals surface area contributed by atoms with Gasteiger partial charge in [0.2, 0.25) is 11.8 Å². The summed E-state index contributed by atoms with van der Waals surface area (Å²) < 4.78 is 0. The fourth-order valence-corrected chi connectivity index (χ4v) is 4.32. The van der Waals surface area contributed by atoms with Gasteiger partial charge in [0.1, 0.15) is 0 Å². The molecule has 1 aromatic rings. The topological polar surface area (TPSA) is 77.9 Å². The number of carbonyl (C=O) groups excluding carboxylic acids is 2. The van der Waals surface area contributed by atoms with Gasteiger partial charge in [0, 0.05) is 31.7 Å².